The van der Waals surface area contributed by atoms with Crippen LogP contribution in [-0.4, -0.2) is 41.7 Å². The topological polar surface area (TPSA) is 37.4 Å². The first kappa shape index (κ1) is 16.9. The van der Waals surface area contributed by atoms with Crippen LogP contribution in [0.4, 0.5) is 0 Å². The third kappa shape index (κ3) is 6.87. The van der Waals surface area contributed by atoms with Crippen LogP contribution in [0.15, 0.2) is 18.3 Å². The normalized spacial score (nSPS) is 11.9. The lowest BCUT2D eigenvalue weighted by atomic mass is 10.1. The van der Waals surface area contributed by atoms with Crippen LogP contribution in [-0.2, 0) is 6.54 Å². The van der Waals surface area contributed by atoms with Crippen molar-refractivity contribution in [3.8, 4) is 5.88 Å². The summed E-state index contributed by atoms with van der Waals surface area (Å²) in [5.74, 6) is 0.705. The van der Waals surface area contributed by atoms with Crippen LogP contribution in [0.3, 0.4) is 0 Å². The lowest BCUT2D eigenvalue weighted by Gasteiger charge is -2.20. The Balaban J connectivity index is 2.35. The molecular weight excluding hydrogens is 250 g/mol. The Labute approximate surface area is 123 Å². The largest absolute Gasteiger partial charge is 0.476 e. The summed E-state index contributed by atoms with van der Waals surface area (Å²) < 4.78 is 5.67. The van der Waals surface area contributed by atoms with Crippen molar-refractivity contribution in [2.75, 3.05) is 26.2 Å². The molecular formula is C16H29N3O. The van der Waals surface area contributed by atoms with Gasteiger partial charge in [0.1, 0.15) is 6.61 Å². The lowest BCUT2D eigenvalue weighted by Crippen LogP contribution is -2.35. The molecule has 1 aromatic rings. The quantitative estimate of drug-likeness (QED) is 0.794. The summed E-state index contributed by atoms with van der Waals surface area (Å²) in [6, 6.07) is 4.01. The van der Waals surface area contributed by atoms with Crippen LogP contribution in [0.1, 0.15) is 40.2 Å². The van der Waals surface area contributed by atoms with Crippen molar-refractivity contribution in [3.63, 3.8) is 0 Å². The number of ether oxygens (including phenoxy) is 1. The standard InChI is InChI=1S/C16H29N3O/c1-6-19(7-2)10-11-20-15-9-8-14(12-17-15)13-18-16(3,4)5/h8-9,12,18H,6-7,10-11,13H2,1-5H3. The summed E-state index contributed by atoms with van der Waals surface area (Å²) in [5.41, 5.74) is 1.30. The van der Waals surface area contributed by atoms with E-state index in [1.165, 1.54) is 5.56 Å². The number of rotatable bonds is 8. The van der Waals surface area contributed by atoms with Gasteiger partial charge in [-0.05, 0) is 39.4 Å². The highest BCUT2D eigenvalue weighted by Gasteiger charge is 2.08. The third-order valence-electron chi connectivity index (χ3n) is 3.17. The van der Waals surface area contributed by atoms with Crippen molar-refractivity contribution < 1.29 is 4.74 Å². The zero-order valence-corrected chi connectivity index (χ0v) is 13.6. The molecule has 0 saturated heterocycles. The second-order valence-corrected chi connectivity index (χ2v) is 5.98. The Bertz CT molecular complexity index is 366. The lowest BCUT2D eigenvalue weighted by molar-refractivity contribution is 0.218. The second kappa shape index (κ2) is 8.22. The molecule has 0 radical (unpaired) electrons. The Morgan fingerprint density at radius 1 is 1.20 bits per heavy atom. The van der Waals surface area contributed by atoms with E-state index in [4.69, 9.17) is 4.74 Å². The third-order valence-corrected chi connectivity index (χ3v) is 3.17. The molecule has 0 aliphatic heterocycles. The van der Waals surface area contributed by atoms with Gasteiger partial charge in [-0.25, -0.2) is 4.98 Å². The molecule has 0 bridgehead atoms. The Morgan fingerprint density at radius 3 is 2.40 bits per heavy atom. The molecule has 0 aromatic carbocycles. The Morgan fingerprint density at radius 2 is 1.90 bits per heavy atom. The van der Waals surface area contributed by atoms with Crippen LogP contribution in [0.2, 0.25) is 0 Å². The molecule has 114 valence electrons. The highest BCUT2D eigenvalue weighted by molar-refractivity contribution is 5.17. The van der Waals surface area contributed by atoms with Gasteiger partial charge in [-0.2, -0.15) is 0 Å². The van der Waals surface area contributed by atoms with Gasteiger partial charge < -0.3 is 15.0 Å². The minimum atomic E-state index is 0.124. The van der Waals surface area contributed by atoms with E-state index in [2.05, 4.69) is 55.9 Å². The first-order valence-electron chi connectivity index (χ1n) is 7.49. The monoisotopic (exact) mass is 279 g/mol. The summed E-state index contributed by atoms with van der Waals surface area (Å²) in [4.78, 5) is 6.68. The minimum Gasteiger partial charge on any atom is -0.476 e. The first-order chi connectivity index (χ1) is 9.44. The Kier molecular flexibility index (Phi) is 6.96. The van der Waals surface area contributed by atoms with Crippen molar-refractivity contribution in [1.29, 1.82) is 0 Å². The molecule has 0 saturated carbocycles. The summed E-state index contributed by atoms with van der Waals surface area (Å²) in [6.45, 7) is 15.4. The van der Waals surface area contributed by atoms with Crippen LogP contribution in [0.25, 0.3) is 0 Å². The van der Waals surface area contributed by atoms with E-state index >= 15 is 0 Å². The molecule has 0 amide bonds. The number of hydrogen-bond donors (Lipinski definition) is 1. The van der Waals surface area contributed by atoms with Crippen molar-refractivity contribution in [1.82, 2.24) is 15.2 Å². The molecule has 0 fully saturated rings. The molecule has 20 heavy (non-hydrogen) atoms. The van der Waals surface area contributed by atoms with Gasteiger partial charge in [-0.15, -0.1) is 0 Å². The molecule has 1 N–H and O–H groups in total. The van der Waals surface area contributed by atoms with Gasteiger partial charge in [0.2, 0.25) is 5.88 Å². The van der Waals surface area contributed by atoms with Crippen molar-refractivity contribution >= 4 is 0 Å². The van der Waals surface area contributed by atoms with Crippen LogP contribution < -0.4 is 10.1 Å². The fourth-order valence-electron chi connectivity index (χ4n) is 1.79. The molecule has 4 nitrogen and oxygen atoms in total. The average Bonchev–Trinajstić information content (AvgIpc) is 2.42. The van der Waals surface area contributed by atoms with E-state index < -0.39 is 0 Å². The predicted octanol–water partition coefficient (Wildman–Crippen LogP) is 2.69. The Hall–Kier alpha value is -1.13. The van der Waals surface area contributed by atoms with Gasteiger partial charge >= 0.3 is 0 Å². The fourth-order valence-corrected chi connectivity index (χ4v) is 1.79. The number of nitrogens with one attached hydrogen (secondary N) is 1. The number of nitrogens with zero attached hydrogens (tertiary/aromatic N) is 2. The molecule has 0 atom stereocenters. The van der Waals surface area contributed by atoms with Crippen molar-refractivity contribution in [2.24, 2.45) is 0 Å². The summed E-state index contributed by atoms with van der Waals surface area (Å²) in [7, 11) is 0. The van der Waals surface area contributed by atoms with E-state index in [1.54, 1.807) is 0 Å². The van der Waals surface area contributed by atoms with Crippen molar-refractivity contribution in [2.45, 2.75) is 46.7 Å². The van der Waals surface area contributed by atoms with Gasteiger partial charge in [0.25, 0.3) is 0 Å². The van der Waals surface area contributed by atoms with Crippen LogP contribution in [0.5, 0.6) is 5.88 Å². The van der Waals surface area contributed by atoms with Crippen molar-refractivity contribution in [3.05, 3.63) is 23.9 Å². The maximum Gasteiger partial charge on any atom is 0.213 e. The van der Waals surface area contributed by atoms with E-state index in [0.29, 0.717) is 12.5 Å². The number of likely N-dealkylation sites (N-methyl/N-ethyl adjacent to an activating group) is 1. The van der Waals surface area contributed by atoms with E-state index in [1.807, 2.05) is 12.3 Å². The highest BCUT2D eigenvalue weighted by Crippen LogP contribution is 2.09. The first-order valence-corrected chi connectivity index (χ1v) is 7.49. The van der Waals surface area contributed by atoms with E-state index in [-0.39, 0.29) is 5.54 Å². The van der Waals surface area contributed by atoms with Gasteiger partial charge in [0.05, 0.1) is 0 Å². The van der Waals surface area contributed by atoms with Crippen LogP contribution in [0, 0.1) is 0 Å². The average molecular weight is 279 g/mol. The molecule has 0 aliphatic carbocycles. The van der Waals surface area contributed by atoms with E-state index in [0.717, 1.165) is 26.2 Å². The maximum absolute atomic E-state index is 5.67. The van der Waals surface area contributed by atoms with Crippen LogP contribution >= 0.6 is 0 Å². The number of hydrogen-bond acceptors (Lipinski definition) is 4. The molecule has 1 rings (SSSR count). The summed E-state index contributed by atoms with van der Waals surface area (Å²) >= 11 is 0. The van der Waals surface area contributed by atoms with Gasteiger partial charge in [0, 0.05) is 30.9 Å². The SMILES string of the molecule is CCN(CC)CCOc1ccc(CNC(C)(C)C)cn1. The zero-order valence-electron chi connectivity index (χ0n) is 13.6. The second-order valence-electron chi connectivity index (χ2n) is 5.98. The molecule has 0 spiro atoms. The van der Waals surface area contributed by atoms with E-state index in [9.17, 15) is 0 Å². The summed E-state index contributed by atoms with van der Waals surface area (Å²) in [6.07, 6.45) is 1.88. The minimum absolute atomic E-state index is 0.124. The number of pyridine rings is 1. The van der Waals surface area contributed by atoms with Gasteiger partial charge in [0.15, 0.2) is 0 Å². The molecule has 4 heteroatoms. The predicted molar refractivity (Wildman–Crippen MR) is 84.1 cm³/mol. The molecule has 0 aliphatic rings. The summed E-state index contributed by atoms with van der Waals surface area (Å²) in [5, 5.41) is 3.44. The highest BCUT2D eigenvalue weighted by atomic mass is 16.5. The molecule has 0 unspecified atom stereocenters. The smallest absolute Gasteiger partial charge is 0.213 e. The fraction of sp³-hybridized carbons (Fsp3) is 0.688. The van der Waals surface area contributed by atoms with Gasteiger partial charge in [-0.1, -0.05) is 19.9 Å². The zero-order chi connectivity index (χ0) is 15.0. The molecule has 1 aromatic heterocycles. The number of aromatic nitrogens is 1. The molecule has 1 heterocycles. The maximum atomic E-state index is 5.67. The van der Waals surface area contributed by atoms with Gasteiger partial charge in [-0.3, -0.25) is 0 Å².